The van der Waals surface area contributed by atoms with Crippen LogP contribution in [-0.4, -0.2) is 46.6 Å². The summed E-state index contributed by atoms with van der Waals surface area (Å²) in [6, 6.07) is -0.715. The zero-order valence-corrected chi connectivity index (χ0v) is 12.6. The van der Waals surface area contributed by atoms with E-state index < -0.39 is 12.0 Å². The average Bonchev–Trinajstić information content (AvgIpc) is 3.03. The summed E-state index contributed by atoms with van der Waals surface area (Å²) in [7, 11) is 1.59. The van der Waals surface area contributed by atoms with Crippen molar-refractivity contribution in [3.05, 3.63) is 15.6 Å². The highest BCUT2D eigenvalue weighted by molar-refractivity contribution is 7.13. The van der Waals surface area contributed by atoms with Crippen LogP contribution in [0.3, 0.4) is 0 Å². The zero-order chi connectivity index (χ0) is 14.9. The lowest BCUT2D eigenvalue weighted by atomic mass is 10.2. The van der Waals surface area contributed by atoms with Crippen LogP contribution in [-0.2, 0) is 9.53 Å². The molecule has 2 heterocycles. The van der Waals surface area contributed by atoms with Crippen molar-refractivity contribution in [3.8, 4) is 0 Å². The standard InChI is InChI=1S/C13H18N2O4S/c1-7-10(20-11(14-7)8(2)19-3)12(16)15-6-4-5-9(15)13(17)18/h8-9H,4-6H2,1-3H3,(H,17,18)/t8-,9-/m0/s1. The van der Waals surface area contributed by atoms with Gasteiger partial charge in [0.1, 0.15) is 22.0 Å². The Morgan fingerprint density at radius 2 is 2.25 bits per heavy atom. The molecular weight excluding hydrogens is 280 g/mol. The highest BCUT2D eigenvalue weighted by Gasteiger charge is 2.36. The van der Waals surface area contributed by atoms with E-state index in [0.29, 0.717) is 23.5 Å². The number of carboxylic acid groups (broad SMARTS) is 1. The number of amides is 1. The lowest BCUT2D eigenvalue weighted by molar-refractivity contribution is -0.141. The van der Waals surface area contributed by atoms with Gasteiger partial charge in [0.2, 0.25) is 0 Å². The maximum Gasteiger partial charge on any atom is 0.326 e. The molecule has 1 N–H and O–H groups in total. The van der Waals surface area contributed by atoms with Crippen LogP contribution in [0.25, 0.3) is 0 Å². The highest BCUT2D eigenvalue weighted by Crippen LogP contribution is 2.28. The van der Waals surface area contributed by atoms with Gasteiger partial charge in [0.05, 0.1) is 5.69 Å². The Hall–Kier alpha value is -1.47. The van der Waals surface area contributed by atoms with Crippen molar-refractivity contribution in [2.45, 2.75) is 38.8 Å². The van der Waals surface area contributed by atoms with E-state index in [1.807, 2.05) is 6.92 Å². The Morgan fingerprint density at radius 3 is 2.85 bits per heavy atom. The molecule has 110 valence electrons. The fourth-order valence-corrected chi connectivity index (χ4v) is 3.34. The van der Waals surface area contributed by atoms with E-state index in [2.05, 4.69) is 4.98 Å². The number of thiazole rings is 1. The molecule has 0 aliphatic carbocycles. The van der Waals surface area contributed by atoms with Crippen molar-refractivity contribution >= 4 is 23.2 Å². The minimum absolute atomic E-state index is 0.172. The van der Waals surface area contributed by atoms with E-state index >= 15 is 0 Å². The van der Waals surface area contributed by atoms with E-state index in [-0.39, 0.29) is 12.0 Å². The molecular formula is C13H18N2O4S. The van der Waals surface area contributed by atoms with Gasteiger partial charge >= 0.3 is 5.97 Å². The van der Waals surface area contributed by atoms with Gasteiger partial charge in [0, 0.05) is 13.7 Å². The van der Waals surface area contributed by atoms with Crippen molar-refractivity contribution in [2.75, 3.05) is 13.7 Å². The number of aromatic nitrogens is 1. The zero-order valence-electron chi connectivity index (χ0n) is 11.8. The first-order valence-corrected chi connectivity index (χ1v) is 7.31. The number of hydrogen-bond donors (Lipinski definition) is 1. The van der Waals surface area contributed by atoms with Gasteiger partial charge in [0.15, 0.2) is 0 Å². The van der Waals surface area contributed by atoms with Crippen LogP contribution in [0.2, 0.25) is 0 Å². The maximum absolute atomic E-state index is 12.5. The lowest BCUT2D eigenvalue weighted by Crippen LogP contribution is -2.40. The van der Waals surface area contributed by atoms with Crippen molar-refractivity contribution in [3.63, 3.8) is 0 Å². The second-order valence-corrected chi connectivity index (χ2v) is 5.87. The largest absolute Gasteiger partial charge is 0.480 e. The van der Waals surface area contributed by atoms with Gasteiger partial charge in [-0.15, -0.1) is 11.3 Å². The fraction of sp³-hybridized carbons (Fsp3) is 0.615. The van der Waals surface area contributed by atoms with Crippen molar-refractivity contribution in [1.29, 1.82) is 0 Å². The number of carbonyl (C=O) groups is 2. The second-order valence-electron chi connectivity index (χ2n) is 4.84. The third-order valence-electron chi connectivity index (χ3n) is 3.51. The second kappa shape index (κ2) is 5.88. The Balaban J connectivity index is 2.25. The van der Waals surface area contributed by atoms with Crippen LogP contribution in [0, 0.1) is 6.92 Å². The number of methoxy groups -OCH3 is 1. The SMILES string of the molecule is CO[C@@H](C)c1nc(C)c(C(=O)N2CCC[C@H]2C(=O)O)s1. The van der Waals surface area contributed by atoms with Gasteiger partial charge < -0.3 is 14.7 Å². The first-order valence-electron chi connectivity index (χ1n) is 6.49. The molecule has 7 heteroatoms. The molecule has 1 aliphatic heterocycles. The summed E-state index contributed by atoms with van der Waals surface area (Å²) in [5.74, 6) is -1.18. The van der Waals surface area contributed by atoms with Crippen LogP contribution in [0.15, 0.2) is 0 Å². The molecule has 0 unspecified atom stereocenters. The van der Waals surface area contributed by atoms with Crippen molar-refractivity contribution in [1.82, 2.24) is 9.88 Å². The van der Waals surface area contributed by atoms with Crippen molar-refractivity contribution < 1.29 is 19.4 Å². The molecule has 1 aromatic heterocycles. The number of ether oxygens (including phenoxy) is 1. The Kier molecular flexibility index (Phi) is 4.39. The number of aliphatic carboxylic acids is 1. The third-order valence-corrected chi connectivity index (χ3v) is 4.81. The molecule has 2 rings (SSSR count). The number of rotatable bonds is 4. The van der Waals surface area contributed by atoms with Crippen LogP contribution in [0.4, 0.5) is 0 Å². The third kappa shape index (κ3) is 2.69. The number of likely N-dealkylation sites (tertiary alicyclic amines) is 1. The molecule has 1 aliphatic rings. The minimum Gasteiger partial charge on any atom is -0.480 e. The van der Waals surface area contributed by atoms with E-state index in [4.69, 9.17) is 9.84 Å². The molecule has 0 spiro atoms. The quantitative estimate of drug-likeness (QED) is 0.917. The summed E-state index contributed by atoms with van der Waals surface area (Å²) in [5, 5.41) is 9.89. The molecule has 1 fully saturated rings. The number of aryl methyl sites for hydroxylation is 1. The molecule has 0 saturated carbocycles. The van der Waals surface area contributed by atoms with Crippen LogP contribution >= 0.6 is 11.3 Å². The van der Waals surface area contributed by atoms with Gasteiger partial charge in [-0.25, -0.2) is 9.78 Å². The molecule has 0 aromatic carbocycles. The summed E-state index contributed by atoms with van der Waals surface area (Å²) >= 11 is 1.28. The Bertz CT molecular complexity index is 528. The minimum atomic E-state index is -0.941. The number of nitrogens with zero attached hydrogens (tertiary/aromatic N) is 2. The van der Waals surface area contributed by atoms with E-state index in [1.165, 1.54) is 16.2 Å². The fourth-order valence-electron chi connectivity index (χ4n) is 2.29. The highest BCUT2D eigenvalue weighted by atomic mass is 32.1. The predicted octanol–water partition coefficient (Wildman–Crippen LogP) is 1.85. The summed E-state index contributed by atoms with van der Waals surface area (Å²) in [6.07, 6.45) is 1.07. The normalized spacial score (nSPS) is 20.1. The van der Waals surface area contributed by atoms with E-state index in [1.54, 1.807) is 14.0 Å². The summed E-state index contributed by atoms with van der Waals surface area (Å²) in [4.78, 5) is 30.0. The van der Waals surface area contributed by atoms with Crippen LogP contribution in [0.5, 0.6) is 0 Å². The first-order chi connectivity index (χ1) is 9.45. The molecule has 0 radical (unpaired) electrons. The maximum atomic E-state index is 12.5. The van der Waals surface area contributed by atoms with Gasteiger partial charge in [-0.05, 0) is 26.7 Å². The van der Waals surface area contributed by atoms with E-state index in [9.17, 15) is 9.59 Å². The average molecular weight is 298 g/mol. The molecule has 1 aromatic rings. The predicted molar refractivity (Wildman–Crippen MR) is 74.0 cm³/mol. The molecule has 2 atom stereocenters. The number of hydrogen-bond acceptors (Lipinski definition) is 5. The smallest absolute Gasteiger partial charge is 0.326 e. The first kappa shape index (κ1) is 14.9. The van der Waals surface area contributed by atoms with E-state index in [0.717, 1.165) is 11.4 Å². The van der Waals surface area contributed by atoms with Gasteiger partial charge in [-0.2, -0.15) is 0 Å². The van der Waals surface area contributed by atoms with Gasteiger partial charge in [-0.3, -0.25) is 4.79 Å². The molecule has 1 saturated heterocycles. The molecule has 1 amide bonds. The monoisotopic (exact) mass is 298 g/mol. The lowest BCUT2D eigenvalue weighted by Gasteiger charge is -2.20. The van der Waals surface area contributed by atoms with Crippen LogP contribution in [0.1, 0.15) is 46.2 Å². The van der Waals surface area contributed by atoms with Gasteiger partial charge in [-0.1, -0.05) is 0 Å². The topological polar surface area (TPSA) is 79.7 Å². The Morgan fingerprint density at radius 1 is 1.55 bits per heavy atom. The van der Waals surface area contributed by atoms with Crippen LogP contribution < -0.4 is 0 Å². The van der Waals surface area contributed by atoms with Gasteiger partial charge in [0.25, 0.3) is 5.91 Å². The number of carbonyl (C=O) groups excluding carboxylic acids is 1. The van der Waals surface area contributed by atoms with Crippen molar-refractivity contribution in [2.24, 2.45) is 0 Å². The number of carboxylic acids is 1. The molecule has 20 heavy (non-hydrogen) atoms. The molecule has 6 nitrogen and oxygen atoms in total. The summed E-state index contributed by atoms with van der Waals surface area (Å²) in [6.45, 7) is 4.12. The summed E-state index contributed by atoms with van der Waals surface area (Å²) in [5.41, 5.74) is 0.634. The summed E-state index contributed by atoms with van der Waals surface area (Å²) < 4.78 is 5.20. The molecule has 0 bridgehead atoms. The Labute approximate surface area is 121 Å².